The SMILES string of the molecule is CCC(Oc1c(C)cc(C#N)cc1C)C(=O)O. The number of nitriles is 1. The van der Waals surface area contributed by atoms with Crippen molar-refractivity contribution in [3.8, 4) is 11.8 Å². The minimum absolute atomic E-state index is 0.397. The van der Waals surface area contributed by atoms with Crippen LogP contribution in [0.1, 0.15) is 30.0 Å². The van der Waals surface area contributed by atoms with Gasteiger partial charge in [-0.05, 0) is 43.5 Å². The molecule has 0 spiro atoms. The van der Waals surface area contributed by atoms with Crippen LogP contribution in [0.4, 0.5) is 0 Å². The summed E-state index contributed by atoms with van der Waals surface area (Å²) in [6.45, 7) is 5.36. The highest BCUT2D eigenvalue weighted by molar-refractivity contribution is 5.72. The van der Waals surface area contributed by atoms with Gasteiger partial charge in [-0.2, -0.15) is 5.26 Å². The van der Waals surface area contributed by atoms with Crippen molar-refractivity contribution in [3.05, 3.63) is 28.8 Å². The number of ether oxygens (including phenoxy) is 1. The molecule has 0 bridgehead atoms. The molecule has 0 saturated heterocycles. The second-order valence-electron chi connectivity index (χ2n) is 3.90. The molecule has 1 aromatic carbocycles. The molecule has 0 amide bonds. The van der Waals surface area contributed by atoms with E-state index in [4.69, 9.17) is 15.1 Å². The molecule has 4 nitrogen and oxygen atoms in total. The quantitative estimate of drug-likeness (QED) is 0.866. The molecule has 0 heterocycles. The number of rotatable bonds is 4. The number of hydrogen-bond donors (Lipinski definition) is 1. The molecule has 1 aromatic rings. The van der Waals surface area contributed by atoms with Gasteiger partial charge in [-0.3, -0.25) is 0 Å². The monoisotopic (exact) mass is 233 g/mol. The third kappa shape index (κ3) is 2.97. The number of carbonyl (C=O) groups is 1. The normalized spacial score (nSPS) is 11.6. The van der Waals surface area contributed by atoms with Gasteiger partial charge in [-0.15, -0.1) is 0 Å². The van der Waals surface area contributed by atoms with Crippen molar-refractivity contribution >= 4 is 5.97 Å². The zero-order valence-corrected chi connectivity index (χ0v) is 10.2. The molecular formula is C13H15NO3. The summed E-state index contributed by atoms with van der Waals surface area (Å²) in [5.74, 6) is -0.422. The van der Waals surface area contributed by atoms with Crippen LogP contribution < -0.4 is 4.74 Å². The van der Waals surface area contributed by atoms with E-state index in [0.29, 0.717) is 17.7 Å². The van der Waals surface area contributed by atoms with Crippen molar-refractivity contribution < 1.29 is 14.6 Å². The summed E-state index contributed by atoms with van der Waals surface area (Å²) in [5, 5.41) is 17.7. The van der Waals surface area contributed by atoms with Gasteiger partial charge in [0.1, 0.15) is 5.75 Å². The summed E-state index contributed by atoms with van der Waals surface area (Å²) in [7, 11) is 0. The van der Waals surface area contributed by atoms with Gasteiger partial charge in [0.15, 0.2) is 6.10 Å². The lowest BCUT2D eigenvalue weighted by molar-refractivity contribution is -0.145. The van der Waals surface area contributed by atoms with E-state index in [1.807, 2.05) is 0 Å². The first-order chi connectivity index (χ1) is 7.99. The van der Waals surface area contributed by atoms with Crippen LogP contribution in [0.5, 0.6) is 5.75 Å². The molecule has 1 rings (SSSR count). The van der Waals surface area contributed by atoms with Crippen molar-refractivity contribution in [2.45, 2.75) is 33.3 Å². The summed E-state index contributed by atoms with van der Waals surface area (Å²) in [4.78, 5) is 10.9. The zero-order valence-electron chi connectivity index (χ0n) is 10.2. The molecule has 0 fully saturated rings. The molecule has 1 unspecified atom stereocenters. The van der Waals surface area contributed by atoms with Crippen LogP contribution in [0.2, 0.25) is 0 Å². The predicted octanol–water partition coefficient (Wildman–Crippen LogP) is 2.42. The number of carboxylic acids is 1. The lowest BCUT2D eigenvalue weighted by Gasteiger charge is -2.17. The molecule has 1 atom stereocenters. The van der Waals surface area contributed by atoms with E-state index in [0.717, 1.165) is 11.1 Å². The largest absolute Gasteiger partial charge is 0.479 e. The van der Waals surface area contributed by atoms with E-state index in [-0.39, 0.29) is 0 Å². The molecule has 0 saturated carbocycles. The summed E-state index contributed by atoms with van der Waals surface area (Å²) in [6, 6.07) is 5.44. The van der Waals surface area contributed by atoms with Crippen molar-refractivity contribution in [1.29, 1.82) is 5.26 Å². The maximum atomic E-state index is 10.9. The predicted molar refractivity (Wildman–Crippen MR) is 63.0 cm³/mol. The summed E-state index contributed by atoms with van der Waals surface area (Å²) in [6.07, 6.45) is -0.450. The Morgan fingerprint density at radius 3 is 2.35 bits per heavy atom. The second-order valence-corrected chi connectivity index (χ2v) is 3.90. The van der Waals surface area contributed by atoms with Crippen LogP contribution in [-0.4, -0.2) is 17.2 Å². The van der Waals surface area contributed by atoms with Crippen molar-refractivity contribution in [2.75, 3.05) is 0 Å². The molecule has 90 valence electrons. The Balaban J connectivity index is 3.07. The van der Waals surface area contributed by atoms with E-state index in [2.05, 4.69) is 6.07 Å². The third-order valence-electron chi connectivity index (χ3n) is 2.50. The number of aryl methyl sites for hydroxylation is 2. The molecular weight excluding hydrogens is 218 g/mol. The van der Waals surface area contributed by atoms with E-state index >= 15 is 0 Å². The van der Waals surface area contributed by atoms with Gasteiger partial charge in [0.25, 0.3) is 0 Å². The molecule has 0 aliphatic carbocycles. The molecule has 0 aliphatic rings. The van der Waals surface area contributed by atoms with E-state index in [1.54, 1.807) is 32.9 Å². The maximum Gasteiger partial charge on any atom is 0.344 e. The smallest absolute Gasteiger partial charge is 0.344 e. The standard InChI is InChI=1S/C13H15NO3/c1-4-11(13(15)16)17-12-8(2)5-10(7-14)6-9(12)3/h5-6,11H,4H2,1-3H3,(H,15,16). The van der Waals surface area contributed by atoms with Gasteiger partial charge in [0.2, 0.25) is 0 Å². The highest BCUT2D eigenvalue weighted by atomic mass is 16.5. The third-order valence-corrected chi connectivity index (χ3v) is 2.50. The van der Waals surface area contributed by atoms with Crippen LogP contribution in [0, 0.1) is 25.2 Å². The Labute approximate surface area is 100 Å². The lowest BCUT2D eigenvalue weighted by atomic mass is 10.1. The van der Waals surface area contributed by atoms with E-state index < -0.39 is 12.1 Å². The zero-order chi connectivity index (χ0) is 13.0. The van der Waals surface area contributed by atoms with Crippen molar-refractivity contribution in [2.24, 2.45) is 0 Å². The molecule has 4 heteroatoms. The molecule has 17 heavy (non-hydrogen) atoms. The van der Waals surface area contributed by atoms with Crippen LogP contribution in [0.25, 0.3) is 0 Å². The van der Waals surface area contributed by atoms with E-state index in [9.17, 15) is 4.79 Å². The average Bonchev–Trinajstić information content (AvgIpc) is 2.27. The Bertz CT molecular complexity index is 451. The number of benzene rings is 1. The number of carboxylic acid groups (broad SMARTS) is 1. The van der Waals surface area contributed by atoms with Crippen LogP contribution in [0.15, 0.2) is 12.1 Å². The Morgan fingerprint density at radius 1 is 1.47 bits per heavy atom. The van der Waals surface area contributed by atoms with Gasteiger partial charge in [0.05, 0.1) is 11.6 Å². The summed E-state index contributed by atoms with van der Waals surface area (Å²) >= 11 is 0. The van der Waals surface area contributed by atoms with Gasteiger partial charge < -0.3 is 9.84 Å². The molecule has 0 radical (unpaired) electrons. The van der Waals surface area contributed by atoms with Gasteiger partial charge in [0, 0.05) is 0 Å². The molecule has 0 aromatic heterocycles. The second kappa shape index (κ2) is 5.35. The Hall–Kier alpha value is -2.02. The number of hydrogen-bond acceptors (Lipinski definition) is 3. The highest BCUT2D eigenvalue weighted by Gasteiger charge is 2.19. The van der Waals surface area contributed by atoms with Crippen LogP contribution in [-0.2, 0) is 4.79 Å². The maximum absolute atomic E-state index is 10.9. The number of nitrogens with zero attached hydrogens (tertiary/aromatic N) is 1. The van der Waals surface area contributed by atoms with Crippen LogP contribution >= 0.6 is 0 Å². The molecule has 1 N–H and O–H groups in total. The first-order valence-corrected chi connectivity index (χ1v) is 5.40. The summed E-state index contributed by atoms with van der Waals surface area (Å²) < 4.78 is 5.48. The van der Waals surface area contributed by atoms with Crippen LogP contribution in [0.3, 0.4) is 0 Å². The topological polar surface area (TPSA) is 70.3 Å². The minimum atomic E-state index is -0.976. The first kappa shape index (κ1) is 13.0. The fourth-order valence-corrected chi connectivity index (χ4v) is 1.65. The van der Waals surface area contributed by atoms with Crippen molar-refractivity contribution in [3.63, 3.8) is 0 Å². The Kier molecular flexibility index (Phi) is 4.11. The summed E-state index contributed by atoms with van der Waals surface area (Å²) in [5.41, 5.74) is 2.11. The molecule has 0 aliphatic heterocycles. The lowest BCUT2D eigenvalue weighted by Crippen LogP contribution is -2.26. The van der Waals surface area contributed by atoms with E-state index in [1.165, 1.54) is 0 Å². The average molecular weight is 233 g/mol. The van der Waals surface area contributed by atoms with Gasteiger partial charge >= 0.3 is 5.97 Å². The van der Waals surface area contributed by atoms with Gasteiger partial charge in [-0.1, -0.05) is 6.92 Å². The van der Waals surface area contributed by atoms with Gasteiger partial charge in [-0.25, -0.2) is 4.79 Å². The fourth-order valence-electron chi connectivity index (χ4n) is 1.65. The highest BCUT2D eigenvalue weighted by Crippen LogP contribution is 2.26. The first-order valence-electron chi connectivity index (χ1n) is 5.40. The minimum Gasteiger partial charge on any atom is -0.479 e. The Morgan fingerprint density at radius 2 is 2.00 bits per heavy atom. The number of aliphatic carboxylic acids is 1. The van der Waals surface area contributed by atoms with Crippen molar-refractivity contribution in [1.82, 2.24) is 0 Å². The fraction of sp³-hybridized carbons (Fsp3) is 0.385.